The first-order valence-corrected chi connectivity index (χ1v) is 20.6. The van der Waals surface area contributed by atoms with Gasteiger partial charge < -0.3 is 4.90 Å². The molecule has 3 heteroatoms. The van der Waals surface area contributed by atoms with E-state index >= 15 is 0 Å². The van der Waals surface area contributed by atoms with Crippen LogP contribution in [0, 0.1) is 0 Å². The van der Waals surface area contributed by atoms with Crippen LogP contribution in [0.5, 0.6) is 0 Å². The van der Waals surface area contributed by atoms with Crippen molar-refractivity contribution in [2.45, 2.75) is 5.41 Å². The number of hydrogen-bond donors (Lipinski definition) is 0. The van der Waals surface area contributed by atoms with Crippen LogP contribution in [0.25, 0.3) is 66.9 Å². The van der Waals surface area contributed by atoms with Crippen LogP contribution in [0.3, 0.4) is 0 Å². The largest absolute Gasteiger partial charge is 0.310 e. The molecule has 3 nitrogen and oxygen atoms in total. The van der Waals surface area contributed by atoms with Gasteiger partial charge in [-0.1, -0.05) is 188 Å². The van der Waals surface area contributed by atoms with Crippen LogP contribution in [-0.2, 0) is 5.41 Å². The van der Waals surface area contributed by atoms with Crippen molar-refractivity contribution in [3.05, 3.63) is 247 Å². The minimum absolute atomic E-state index is 0.505. The average molecular weight is 764 g/mol. The zero-order valence-electron chi connectivity index (χ0n) is 32.7. The normalized spacial score (nSPS) is 13.1. The Balaban J connectivity index is 0.973. The Hall–Kier alpha value is -7.88. The highest BCUT2D eigenvalue weighted by Gasteiger charge is 2.51. The van der Waals surface area contributed by atoms with Crippen LogP contribution in [0.15, 0.2) is 224 Å². The van der Waals surface area contributed by atoms with Gasteiger partial charge in [-0.05, 0) is 92.0 Å². The molecule has 0 N–H and O–H groups in total. The molecule has 1 aliphatic heterocycles. The van der Waals surface area contributed by atoms with Crippen molar-refractivity contribution >= 4 is 28.0 Å². The van der Waals surface area contributed by atoms with E-state index < -0.39 is 5.41 Å². The van der Waals surface area contributed by atoms with Crippen LogP contribution >= 0.6 is 0 Å². The zero-order chi connectivity index (χ0) is 39.6. The van der Waals surface area contributed by atoms with Crippen molar-refractivity contribution < 1.29 is 0 Å². The number of hydrogen-bond acceptors (Lipinski definition) is 3. The molecule has 60 heavy (non-hydrogen) atoms. The highest BCUT2D eigenvalue weighted by atomic mass is 15.2. The second-order valence-corrected chi connectivity index (χ2v) is 15.7. The van der Waals surface area contributed by atoms with E-state index in [1.165, 1.54) is 61.4 Å². The summed E-state index contributed by atoms with van der Waals surface area (Å²) >= 11 is 0. The van der Waals surface area contributed by atoms with E-state index in [-0.39, 0.29) is 0 Å². The van der Waals surface area contributed by atoms with Crippen LogP contribution < -0.4 is 4.90 Å². The molecule has 0 radical (unpaired) electrons. The summed E-state index contributed by atoms with van der Waals surface area (Å²) in [5.41, 5.74) is 19.4. The maximum atomic E-state index is 5.23. The molecule has 12 rings (SSSR count). The third-order valence-electron chi connectivity index (χ3n) is 12.5. The fourth-order valence-electron chi connectivity index (χ4n) is 9.83. The van der Waals surface area contributed by atoms with E-state index in [0.29, 0.717) is 5.82 Å². The van der Waals surface area contributed by atoms with E-state index in [0.717, 1.165) is 39.0 Å². The number of aromatic nitrogens is 2. The number of para-hydroxylation sites is 4. The molecule has 9 aromatic carbocycles. The zero-order valence-corrected chi connectivity index (χ0v) is 32.7. The Bertz CT molecular complexity index is 3200. The summed E-state index contributed by atoms with van der Waals surface area (Å²) in [5, 5.41) is 1.04. The molecule has 2 aliphatic rings. The number of benzene rings is 9. The number of rotatable bonds is 5. The van der Waals surface area contributed by atoms with Gasteiger partial charge in [-0.2, -0.15) is 0 Å². The van der Waals surface area contributed by atoms with Gasteiger partial charge in [0, 0.05) is 22.2 Å². The van der Waals surface area contributed by atoms with Gasteiger partial charge in [0.2, 0.25) is 0 Å². The Morgan fingerprint density at radius 1 is 0.333 bits per heavy atom. The molecule has 1 spiro atoms. The van der Waals surface area contributed by atoms with Gasteiger partial charge in [0.25, 0.3) is 0 Å². The topological polar surface area (TPSA) is 29.0 Å². The van der Waals surface area contributed by atoms with Crippen LogP contribution in [0.2, 0.25) is 0 Å². The molecule has 0 atom stereocenters. The molecule has 10 aromatic rings. The lowest BCUT2D eigenvalue weighted by atomic mass is 9.64. The summed E-state index contributed by atoms with van der Waals surface area (Å²) in [6.07, 6.45) is 0. The van der Waals surface area contributed by atoms with Crippen molar-refractivity contribution in [1.29, 1.82) is 0 Å². The van der Waals surface area contributed by atoms with Gasteiger partial charge in [0.1, 0.15) is 0 Å². The molecular weight excluding hydrogens is 727 g/mol. The second-order valence-electron chi connectivity index (χ2n) is 15.7. The van der Waals surface area contributed by atoms with Gasteiger partial charge in [0.15, 0.2) is 5.82 Å². The smallest absolute Gasteiger partial charge is 0.160 e. The summed E-state index contributed by atoms with van der Waals surface area (Å²) in [6, 6.07) is 81.0. The quantitative estimate of drug-likeness (QED) is 0.175. The molecule has 0 unspecified atom stereocenters. The fraction of sp³-hybridized carbons (Fsp3) is 0.0175. The van der Waals surface area contributed by atoms with Crippen molar-refractivity contribution in [3.63, 3.8) is 0 Å². The lowest BCUT2D eigenvalue weighted by Gasteiger charge is -2.45. The van der Waals surface area contributed by atoms with Crippen LogP contribution in [0.4, 0.5) is 17.1 Å². The van der Waals surface area contributed by atoms with Gasteiger partial charge in [-0.15, -0.1) is 0 Å². The predicted molar refractivity (Wildman–Crippen MR) is 247 cm³/mol. The maximum absolute atomic E-state index is 5.23. The van der Waals surface area contributed by atoms with E-state index in [4.69, 9.17) is 9.97 Å². The van der Waals surface area contributed by atoms with Gasteiger partial charge >= 0.3 is 0 Å². The molecule has 0 bridgehead atoms. The molecule has 1 aliphatic carbocycles. The standard InChI is InChI=1S/C57H37N3/c1-3-15-38(16-4-1)39-27-31-41(32-28-39)55-47-20-8-12-24-52(47)58-56(59-55)42-33-29-40(30-34-42)43-35-36-46-45-19-7-9-21-48(45)57(51(46)37-43)49-22-10-13-25-53(49)60(44-17-5-2-6-18-44)54-26-14-11-23-50(54)57/h1-37H. The van der Waals surface area contributed by atoms with E-state index in [9.17, 15) is 0 Å². The van der Waals surface area contributed by atoms with Gasteiger partial charge in [-0.3, -0.25) is 0 Å². The molecule has 1 aromatic heterocycles. The lowest BCUT2D eigenvalue weighted by Crippen LogP contribution is -2.36. The first kappa shape index (κ1) is 34.2. The molecule has 2 heterocycles. The van der Waals surface area contributed by atoms with Crippen LogP contribution in [-0.4, -0.2) is 9.97 Å². The van der Waals surface area contributed by atoms with Crippen molar-refractivity contribution in [2.75, 3.05) is 4.90 Å². The van der Waals surface area contributed by atoms with Crippen LogP contribution in [0.1, 0.15) is 22.3 Å². The van der Waals surface area contributed by atoms with Crippen molar-refractivity contribution in [2.24, 2.45) is 0 Å². The van der Waals surface area contributed by atoms with E-state index in [1.54, 1.807) is 0 Å². The Kier molecular flexibility index (Phi) is 7.76. The molecule has 0 fully saturated rings. The number of fused-ring (bicyclic) bond motifs is 10. The maximum Gasteiger partial charge on any atom is 0.160 e. The highest BCUT2D eigenvalue weighted by molar-refractivity contribution is 5.97. The average Bonchev–Trinajstić information content (AvgIpc) is 3.62. The molecule has 0 saturated heterocycles. The minimum atomic E-state index is -0.505. The van der Waals surface area contributed by atoms with Gasteiger partial charge in [0.05, 0.1) is 28.0 Å². The SMILES string of the molecule is c1ccc(-c2ccc(-c3nc(-c4ccc(-c5ccc6c(c5)C5(c7ccccc7-6)c6ccccc6N(c6ccccc6)c6ccccc65)cc4)nc4ccccc34)cc2)cc1. The number of nitrogens with zero attached hydrogens (tertiary/aromatic N) is 3. The van der Waals surface area contributed by atoms with Crippen molar-refractivity contribution in [1.82, 2.24) is 9.97 Å². The molecule has 0 saturated carbocycles. The Labute approximate surface area is 349 Å². The first-order valence-electron chi connectivity index (χ1n) is 20.6. The summed E-state index contributed by atoms with van der Waals surface area (Å²) in [5.74, 6) is 0.712. The summed E-state index contributed by atoms with van der Waals surface area (Å²) < 4.78 is 0. The van der Waals surface area contributed by atoms with E-state index in [1.807, 2.05) is 12.1 Å². The Morgan fingerprint density at radius 3 is 1.55 bits per heavy atom. The fourth-order valence-corrected chi connectivity index (χ4v) is 9.83. The van der Waals surface area contributed by atoms with Crippen molar-refractivity contribution in [3.8, 4) is 56.0 Å². The molecule has 0 amide bonds. The lowest BCUT2D eigenvalue weighted by molar-refractivity contribution is 0.753. The van der Waals surface area contributed by atoms with E-state index in [2.05, 4.69) is 217 Å². The minimum Gasteiger partial charge on any atom is -0.310 e. The summed E-state index contributed by atoms with van der Waals surface area (Å²) in [6.45, 7) is 0. The number of anilines is 3. The first-order chi connectivity index (χ1) is 29.8. The summed E-state index contributed by atoms with van der Waals surface area (Å²) in [7, 11) is 0. The summed E-state index contributed by atoms with van der Waals surface area (Å²) in [4.78, 5) is 12.7. The Morgan fingerprint density at radius 2 is 0.833 bits per heavy atom. The molecule has 280 valence electrons. The second kappa shape index (κ2) is 13.6. The monoisotopic (exact) mass is 763 g/mol. The predicted octanol–water partition coefficient (Wildman–Crippen LogP) is 14.4. The highest BCUT2D eigenvalue weighted by Crippen LogP contribution is 2.63. The third kappa shape index (κ3) is 5.16. The van der Waals surface area contributed by atoms with Gasteiger partial charge in [-0.25, -0.2) is 9.97 Å². The third-order valence-corrected chi connectivity index (χ3v) is 12.5. The molecular formula is C57H37N3.